The number of hydrogen-bond donors (Lipinski definition) is 0. The fraction of sp³-hybridized carbons (Fsp3) is 1.00. The van der Waals surface area contributed by atoms with Crippen LogP contribution in [0.1, 0.15) is 84.0 Å². The Bertz CT molecular complexity index is 346. The van der Waals surface area contributed by atoms with Crippen LogP contribution >= 0.6 is 0 Å². The van der Waals surface area contributed by atoms with Crippen LogP contribution in [0.25, 0.3) is 0 Å². The second-order valence-electron chi connectivity index (χ2n) is 8.56. The molecule has 134 valence electrons. The van der Waals surface area contributed by atoms with Crippen molar-refractivity contribution >= 4 is 0 Å². The molecule has 3 atom stereocenters. The topological polar surface area (TPSA) is 9.23 Å². The molecule has 3 heteroatoms. The Balaban J connectivity index is 1.43. The third-order valence-corrected chi connectivity index (χ3v) is 7.21. The molecule has 0 amide bonds. The number of alkyl halides is 2. The zero-order chi connectivity index (χ0) is 16.2. The SMILES string of the molecule is CC1CC(C2CCC(C3CCCCC3)CC2)CCC1OC(F)F. The highest BCUT2D eigenvalue weighted by Gasteiger charge is 2.36. The average molecular weight is 328 g/mol. The van der Waals surface area contributed by atoms with E-state index in [4.69, 9.17) is 4.74 Å². The van der Waals surface area contributed by atoms with Crippen LogP contribution in [0.15, 0.2) is 0 Å². The first-order valence-electron chi connectivity index (χ1n) is 10.1. The van der Waals surface area contributed by atoms with E-state index in [1.165, 1.54) is 57.8 Å². The predicted molar refractivity (Wildman–Crippen MR) is 89.4 cm³/mol. The maximum absolute atomic E-state index is 12.4. The molecule has 0 radical (unpaired) electrons. The monoisotopic (exact) mass is 328 g/mol. The van der Waals surface area contributed by atoms with Crippen molar-refractivity contribution in [3.05, 3.63) is 0 Å². The number of hydrogen-bond acceptors (Lipinski definition) is 1. The summed E-state index contributed by atoms with van der Waals surface area (Å²) in [4.78, 5) is 0. The molecule has 0 saturated heterocycles. The molecule has 0 aromatic carbocycles. The van der Waals surface area contributed by atoms with Gasteiger partial charge < -0.3 is 4.74 Å². The van der Waals surface area contributed by atoms with Crippen molar-refractivity contribution in [3.8, 4) is 0 Å². The van der Waals surface area contributed by atoms with Gasteiger partial charge in [0.15, 0.2) is 0 Å². The van der Waals surface area contributed by atoms with Crippen molar-refractivity contribution in [1.82, 2.24) is 0 Å². The molecule has 3 unspecified atom stereocenters. The Morgan fingerprint density at radius 2 is 1.22 bits per heavy atom. The maximum atomic E-state index is 12.4. The molecule has 3 rings (SSSR count). The summed E-state index contributed by atoms with van der Waals surface area (Å²) < 4.78 is 29.7. The Kier molecular flexibility index (Phi) is 6.34. The predicted octanol–water partition coefficient (Wildman–Crippen LogP) is 6.42. The van der Waals surface area contributed by atoms with Crippen molar-refractivity contribution in [2.45, 2.75) is 96.7 Å². The van der Waals surface area contributed by atoms with Crippen LogP contribution in [0.2, 0.25) is 0 Å². The minimum Gasteiger partial charge on any atom is -0.319 e. The molecule has 0 aromatic heterocycles. The number of halogens is 2. The van der Waals surface area contributed by atoms with Crippen molar-refractivity contribution < 1.29 is 13.5 Å². The minimum atomic E-state index is -2.61. The molecule has 3 saturated carbocycles. The molecular weight excluding hydrogens is 294 g/mol. The van der Waals surface area contributed by atoms with E-state index in [1.54, 1.807) is 0 Å². The molecule has 0 aliphatic heterocycles. The van der Waals surface area contributed by atoms with Gasteiger partial charge in [0.2, 0.25) is 0 Å². The van der Waals surface area contributed by atoms with Crippen molar-refractivity contribution in [1.29, 1.82) is 0 Å². The van der Waals surface area contributed by atoms with E-state index in [0.717, 1.165) is 42.9 Å². The Morgan fingerprint density at radius 1 is 0.696 bits per heavy atom. The smallest absolute Gasteiger partial charge is 0.319 e. The van der Waals surface area contributed by atoms with Gasteiger partial charge >= 0.3 is 6.61 Å². The molecule has 23 heavy (non-hydrogen) atoms. The summed E-state index contributed by atoms with van der Waals surface area (Å²) >= 11 is 0. The largest absolute Gasteiger partial charge is 0.345 e. The third-order valence-electron chi connectivity index (χ3n) is 7.21. The van der Waals surface area contributed by atoms with Crippen LogP contribution in [0.5, 0.6) is 0 Å². The fourth-order valence-corrected chi connectivity index (χ4v) is 5.87. The highest BCUT2D eigenvalue weighted by atomic mass is 19.3. The van der Waals surface area contributed by atoms with Crippen molar-refractivity contribution in [2.24, 2.45) is 29.6 Å². The normalized spacial score (nSPS) is 40.4. The standard InChI is InChI=1S/C20H34F2O/c1-14-13-18(11-12-19(14)23-20(21)22)17-9-7-16(8-10-17)15-5-3-2-4-6-15/h14-20H,2-13H2,1H3. The molecule has 0 spiro atoms. The zero-order valence-corrected chi connectivity index (χ0v) is 14.7. The van der Waals surface area contributed by atoms with E-state index in [-0.39, 0.29) is 6.10 Å². The second kappa shape index (κ2) is 8.27. The molecule has 0 N–H and O–H groups in total. The second-order valence-corrected chi connectivity index (χ2v) is 8.56. The van der Waals surface area contributed by atoms with Crippen molar-refractivity contribution in [3.63, 3.8) is 0 Å². The van der Waals surface area contributed by atoms with Gasteiger partial charge in [0, 0.05) is 0 Å². The summed E-state index contributed by atoms with van der Waals surface area (Å²) in [5.74, 6) is 3.90. The zero-order valence-electron chi connectivity index (χ0n) is 14.7. The summed E-state index contributed by atoms with van der Waals surface area (Å²) in [7, 11) is 0. The maximum Gasteiger partial charge on any atom is 0.345 e. The average Bonchev–Trinajstić information content (AvgIpc) is 2.57. The minimum absolute atomic E-state index is 0.218. The fourth-order valence-electron chi connectivity index (χ4n) is 5.87. The van der Waals surface area contributed by atoms with Gasteiger partial charge in [0.05, 0.1) is 6.10 Å². The van der Waals surface area contributed by atoms with Gasteiger partial charge in [-0.2, -0.15) is 8.78 Å². The highest BCUT2D eigenvalue weighted by molar-refractivity contribution is 4.86. The van der Waals surface area contributed by atoms with Crippen LogP contribution in [-0.2, 0) is 4.74 Å². The van der Waals surface area contributed by atoms with Gasteiger partial charge in [-0.15, -0.1) is 0 Å². The van der Waals surface area contributed by atoms with E-state index >= 15 is 0 Å². The van der Waals surface area contributed by atoms with Gasteiger partial charge in [-0.1, -0.05) is 39.0 Å². The molecule has 3 aliphatic rings. The Morgan fingerprint density at radius 3 is 1.78 bits per heavy atom. The van der Waals surface area contributed by atoms with E-state index in [1.807, 2.05) is 0 Å². The first kappa shape index (κ1) is 17.6. The van der Waals surface area contributed by atoms with Crippen LogP contribution in [0, 0.1) is 29.6 Å². The third kappa shape index (κ3) is 4.67. The molecule has 0 aromatic rings. The van der Waals surface area contributed by atoms with Crippen LogP contribution < -0.4 is 0 Å². The first-order chi connectivity index (χ1) is 11.1. The lowest BCUT2D eigenvalue weighted by Gasteiger charge is -2.42. The van der Waals surface area contributed by atoms with Crippen LogP contribution in [0.4, 0.5) is 8.78 Å². The lowest BCUT2D eigenvalue weighted by Crippen LogP contribution is -2.35. The van der Waals surface area contributed by atoms with Gasteiger partial charge in [0.1, 0.15) is 0 Å². The molecule has 1 nitrogen and oxygen atoms in total. The van der Waals surface area contributed by atoms with Gasteiger partial charge in [-0.05, 0) is 74.5 Å². The molecule has 3 fully saturated rings. The quantitative estimate of drug-likeness (QED) is 0.579. The molecule has 3 aliphatic carbocycles. The summed E-state index contributed by atoms with van der Waals surface area (Å²) in [5, 5.41) is 0. The van der Waals surface area contributed by atoms with Gasteiger partial charge in [0.25, 0.3) is 0 Å². The summed E-state index contributed by atoms with van der Waals surface area (Å²) in [5.41, 5.74) is 0. The van der Waals surface area contributed by atoms with E-state index < -0.39 is 6.61 Å². The highest BCUT2D eigenvalue weighted by Crippen LogP contribution is 2.45. The van der Waals surface area contributed by atoms with Crippen LogP contribution in [0.3, 0.4) is 0 Å². The van der Waals surface area contributed by atoms with Gasteiger partial charge in [-0.25, -0.2) is 0 Å². The van der Waals surface area contributed by atoms with E-state index in [0.29, 0.717) is 5.92 Å². The summed E-state index contributed by atoms with van der Waals surface area (Å²) in [6.07, 6.45) is 15.7. The summed E-state index contributed by atoms with van der Waals surface area (Å²) in [6, 6.07) is 0. The van der Waals surface area contributed by atoms with Crippen LogP contribution in [-0.4, -0.2) is 12.7 Å². The van der Waals surface area contributed by atoms with Gasteiger partial charge in [-0.3, -0.25) is 0 Å². The molecule has 0 heterocycles. The lowest BCUT2D eigenvalue weighted by atomic mass is 9.65. The Hall–Kier alpha value is -0.180. The Labute approximate surface area is 140 Å². The number of rotatable bonds is 4. The molecular formula is C20H34F2O. The van der Waals surface area contributed by atoms with E-state index in [2.05, 4.69) is 6.92 Å². The molecule has 0 bridgehead atoms. The summed E-state index contributed by atoms with van der Waals surface area (Å²) in [6.45, 7) is -0.503. The van der Waals surface area contributed by atoms with E-state index in [9.17, 15) is 8.78 Å². The first-order valence-corrected chi connectivity index (χ1v) is 10.1. The number of ether oxygens (including phenoxy) is 1. The lowest BCUT2D eigenvalue weighted by molar-refractivity contribution is -0.185. The van der Waals surface area contributed by atoms with Crippen molar-refractivity contribution in [2.75, 3.05) is 0 Å².